The van der Waals surface area contributed by atoms with Gasteiger partial charge in [0.2, 0.25) is 0 Å². The second-order valence-corrected chi connectivity index (χ2v) is 8.90. The van der Waals surface area contributed by atoms with Gasteiger partial charge < -0.3 is 9.47 Å². The Labute approximate surface area is 223 Å². The first-order valence-electron chi connectivity index (χ1n) is 12.6. The number of unbranched alkanes of at least 4 members (excludes halogenated alkanes) is 1. The van der Waals surface area contributed by atoms with E-state index in [-0.39, 0.29) is 0 Å². The summed E-state index contributed by atoms with van der Waals surface area (Å²) in [5, 5.41) is 0. The Bertz CT molecular complexity index is 1270. The highest BCUT2D eigenvalue weighted by molar-refractivity contribution is 5.84. The van der Waals surface area contributed by atoms with Crippen molar-refractivity contribution in [3.05, 3.63) is 133 Å². The number of aryl methyl sites for hydroxylation is 2. The van der Waals surface area contributed by atoms with Crippen molar-refractivity contribution in [1.82, 2.24) is 0 Å². The van der Waals surface area contributed by atoms with Crippen LogP contribution in [-0.2, 0) is 22.4 Å². The molecule has 190 valence electrons. The topological polar surface area (TPSA) is 52.6 Å². The molecule has 0 fully saturated rings. The summed E-state index contributed by atoms with van der Waals surface area (Å²) in [5.74, 6) is 0.0902. The molecule has 0 saturated heterocycles. The number of carbonyl (C=O) groups excluding carboxylic acids is 2. The fourth-order valence-electron chi connectivity index (χ4n) is 4.13. The van der Waals surface area contributed by atoms with Gasteiger partial charge in [-0.15, -0.1) is 0 Å². The summed E-state index contributed by atoms with van der Waals surface area (Å²) in [5.41, 5.74) is 7.05. The number of benzene rings is 4. The Hall–Kier alpha value is -4.70. The average Bonchev–Trinajstić information content (AvgIpc) is 2.97. The zero-order valence-corrected chi connectivity index (χ0v) is 21.3. The molecule has 4 aromatic carbocycles. The van der Waals surface area contributed by atoms with Crippen molar-refractivity contribution in [3.63, 3.8) is 0 Å². The molecule has 4 nitrogen and oxygen atoms in total. The Morgan fingerprint density at radius 1 is 0.500 bits per heavy atom. The summed E-state index contributed by atoms with van der Waals surface area (Å²) in [7, 11) is 0. The monoisotopic (exact) mass is 502 g/mol. The number of rotatable bonds is 11. The van der Waals surface area contributed by atoms with Gasteiger partial charge in [-0.25, -0.2) is 9.59 Å². The first kappa shape index (κ1) is 26.4. The van der Waals surface area contributed by atoms with E-state index in [9.17, 15) is 9.59 Å². The van der Waals surface area contributed by atoms with Crippen LogP contribution >= 0.6 is 0 Å². The lowest BCUT2D eigenvalue weighted by atomic mass is 9.99. The van der Waals surface area contributed by atoms with Crippen molar-refractivity contribution >= 4 is 11.9 Å². The van der Waals surface area contributed by atoms with Crippen LogP contribution in [0.5, 0.6) is 11.5 Å². The molecular weight excluding hydrogens is 472 g/mol. The van der Waals surface area contributed by atoms with Crippen LogP contribution in [0.3, 0.4) is 0 Å². The molecule has 0 spiro atoms. The number of esters is 2. The standard InChI is InChI=1S/C34H30O4/c1-3-33(35)37-31-21-17-29(18-22-31)27-13-9-25(10-14-27)7-5-6-8-26-11-15-28(16-12-26)30-19-23-32(24-20-30)38-34(36)4-2/h3-4,9-24H,1-2,5-8H2. The lowest BCUT2D eigenvalue weighted by Gasteiger charge is -2.07. The van der Waals surface area contributed by atoms with Crippen molar-refractivity contribution in [3.8, 4) is 33.8 Å². The molecule has 0 aromatic heterocycles. The van der Waals surface area contributed by atoms with E-state index in [2.05, 4.69) is 61.7 Å². The summed E-state index contributed by atoms with van der Waals surface area (Å²) in [6.45, 7) is 6.82. The summed E-state index contributed by atoms with van der Waals surface area (Å²) in [6, 6.07) is 32.2. The Balaban J connectivity index is 1.23. The van der Waals surface area contributed by atoms with Gasteiger partial charge in [-0.05, 0) is 83.3 Å². The van der Waals surface area contributed by atoms with Crippen molar-refractivity contribution in [2.75, 3.05) is 0 Å². The van der Waals surface area contributed by atoms with Gasteiger partial charge in [-0.3, -0.25) is 0 Å². The molecule has 4 rings (SSSR count). The normalized spacial score (nSPS) is 10.4. The molecule has 0 amide bonds. The van der Waals surface area contributed by atoms with Gasteiger partial charge in [0.05, 0.1) is 0 Å². The Morgan fingerprint density at radius 2 is 0.789 bits per heavy atom. The van der Waals surface area contributed by atoms with Gasteiger partial charge in [0.25, 0.3) is 0 Å². The lowest BCUT2D eigenvalue weighted by Crippen LogP contribution is -2.02. The highest BCUT2D eigenvalue weighted by Crippen LogP contribution is 2.25. The number of carbonyl (C=O) groups is 2. The van der Waals surface area contributed by atoms with E-state index in [0.717, 1.165) is 60.1 Å². The van der Waals surface area contributed by atoms with Crippen LogP contribution in [0.4, 0.5) is 0 Å². The minimum Gasteiger partial charge on any atom is -0.423 e. The third-order valence-corrected chi connectivity index (χ3v) is 6.23. The Morgan fingerprint density at radius 3 is 1.08 bits per heavy atom. The molecule has 0 N–H and O–H groups in total. The summed E-state index contributed by atoms with van der Waals surface area (Å²) in [4.78, 5) is 22.6. The predicted molar refractivity (Wildman–Crippen MR) is 152 cm³/mol. The summed E-state index contributed by atoms with van der Waals surface area (Å²) in [6.07, 6.45) is 6.62. The molecule has 0 radical (unpaired) electrons. The zero-order valence-electron chi connectivity index (χ0n) is 21.3. The maximum absolute atomic E-state index is 11.3. The van der Waals surface area contributed by atoms with Crippen LogP contribution in [0, 0.1) is 0 Å². The van der Waals surface area contributed by atoms with E-state index in [0.29, 0.717) is 11.5 Å². The molecule has 0 saturated carbocycles. The molecule has 0 aliphatic rings. The van der Waals surface area contributed by atoms with Crippen LogP contribution in [-0.4, -0.2) is 11.9 Å². The second-order valence-electron chi connectivity index (χ2n) is 8.90. The lowest BCUT2D eigenvalue weighted by molar-refractivity contribution is -0.129. The van der Waals surface area contributed by atoms with Crippen LogP contribution < -0.4 is 9.47 Å². The second kappa shape index (κ2) is 13.0. The fraction of sp³-hybridized carbons (Fsp3) is 0.118. The molecule has 38 heavy (non-hydrogen) atoms. The molecule has 0 atom stereocenters. The number of hydrogen-bond acceptors (Lipinski definition) is 4. The zero-order chi connectivity index (χ0) is 26.7. The largest absolute Gasteiger partial charge is 0.423 e. The maximum Gasteiger partial charge on any atom is 0.335 e. The number of ether oxygens (including phenoxy) is 2. The molecule has 0 heterocycles. The number of hydrogen-bond donors (Lipinski definition) is 0. The van der Waals surface area contributed by atoms with E-state index < -0.39 is 11.9 Å². The quantitative estimate of drug-likeness (QED) is 0.0910. The summed E-state index contributed by atoms with van der Waals surface area (Å²) >= 11 is 0. The minimum atomic E-state index is -0.462. The third-order valence-electron chi connectivity index (χ3n) is 6.23. The van der Waals surface area contributed by atoms with Gasteiger partial charge in [-0.2, -0.15) is 0 Å². The molecule has 4 heteroatoms. The molecule has 0 aliphatic carbocycles. The van der Waals surface area contributed by atoms with Crippen LogP contribution in [0.15, 0.2) is 122 Å². The van der Waals surface area contributed by atoms with Crippen molar-refractivity contribution in [2.45, 2.75) is 25.7 Å². The smallest absolute Gasteiger partial charge is 0.335 e. The van der Waals surface area contributed by atoms with Gasteiger partial charge in [0, 0.05) is 12.2 Å². The van der Waals surface area contributed by atoms with Gasteiger partial charge in [-0.1, -0.05) is 86.0 Å². The highest BCUT2D eigenvalue weighted by atomic mass is 16.5. The molecular formula is C34H30O4. The van der Waals surface area contributed by atoms with E-state index in [1.165, 1.54) is 11.1 Å². The van der Waals surface area contributed by atoms with Gasteiger partial charge in [0.1, 0.15) is 11.5 Å². The van der Waals surface area contributed by atoms with Crippen LogP contribution in [0.1, 0.15) is 24.0 Å². The van der Waals surface area contributed by atoms with E-state index in [1.54, 1.807) is 24.3 Å². The first-order valence-corrected chi connectivity index (χ1v) is 12.6. The SMILES string of the molecule is C=CC(=O)Oc1ccc(-c2ccc(CCCCc3ccc(-c4ccc(OC(=O)C=C)cc4)cc3)cc2)cc1. The summed E-state index contributed by atoms with van der Waals surface area (Å²) < 4.78 is 10.3. The van der Waals surface area contributed by atoms with Crippen LogP contribution in [0.25, 0.3) is 22.3 Å². The van der Waals surface area contributed by atoms with Crippen LogP contribution in [0.2, 0.25) is 0 Å². The molecule has 4 aromatic rings. The van der Waals surface area contributed by atoms with E-state index in [4.69, 9.17) is 9.47 Å². The van der Waals surface area contributed by atoms with Crippen molar-refractivity contribution in [1.29, 1.82) is 0 Å². The van der Waals surface area contributed by atoms with Gasteiger partial charge >= 0.3 is 11.9 Å². The third kappa shape index (κ3) is 7.40. The molecule has 0 aliphatic heterocycles. The van der Waals surface area contributed by atoms with E-state index >= 15 is 0 Å². The van der Waals surface area contributed by atoms with E-state index in [1.807, 2.05) is 24.3 Å². The van der Waals surface area contributed by atoms with Gasteiger partial charge in [0.15, 0.2) is 0 Å². The maximum atomic E-state index is 11.3. The minimum absolute atomic E-state index is 0.462. The first-order chi connectivity index (χ1) is 18.5. The van der Waals surface area contributed by atoms with Crippen molar-refractivity contribution in [2.24, 2.45) is 0 Å². The average molecular weight is 503 g/mol. The van der Waals surface area contributed by atoms with Crippen molar-refractivity contribution < 1.29 is 19.1 Å². The fourth-order valence-corrected chi connectivity index (χ4v) is 4.13. The predicted octanol–water partition coefficient (Wildman–Crippen LogP) is 7.77. The molecule has 0 unspecified atom stereocenters. The highest BCUT2D eigenvalue weighted by Gasteiger charge is 2.04. The Kier molecular flexibility index (Phi) is 9.03. The molecule has 0 bridgehead atoms.